The minimum Gasteiger partial charge on any atom is -0.619 e. The monoisotopic (exact) mass is 267 g/mol. The van der Waals surface area contributed by atoms with E-state index in [2.05, 4.69) is 5.32 Å². The van der Waals surface area contributed by atoms with Crippen LogP contribution in [0, 0.1) is 5.21 Å². The molecule has 0 aliphatic carbocycles. The van der Waals surface area contributed by atoms with Gasteiger partial charge >= 0.3 is 6.09 Å². The van der Waals surface area contributed by atoms with Crippen molar-refractivity contribution in [3.8, 4) is 5.75 Å². The zero-order valence-corrected chi connectivity index (χ0v) is 10.5. The third-order valence-electron chi connectivity index (χ3n) is 3.01. The van der Waals surface area contributed by atoms with Crippen molar-refractivity contribution in [2.24, 2.45) is 0 Å². The molecule has 2 heterocycles. The van der Waals surface area contributed by atoms with Gasteiger partial charge in [-0.05, 0) is 12.5 Å². The van der Waals surface area contributed by atoms with Gasteiger partial charge in [-0.25, -0.2) is 4.79 Å². The maximum absolute atomic E-state index is 11.0. The molecule has 0 saturated carbocycles. The van der Waals surface area contributed by atoms with Gasteiger partial charge in [-0.15, -0.1) is 0 Å². The Bertz CT molecular complexity index is 441. The highest BCUT2D eigenvalue weighted by atomic mass is 16.5. The first-order valence-electron chi connectivity index (χ1n) is 6.18. The molecule has 1 saturated heterocycles. The first-order valence-corrected chi connectivity index (χ1v) is 6.18. The molecule has 1 aromatic rings. The van der Waals surface area contributed by atoms with E-state index in [-0.39, 0.29) is 6.04 Å². The van der Waals surface area contributed by atoms with E-state index in [0.717, 1.165) is 0 Å². The number of hydrogen-bond donors (Lipinski definition) is 2. The molecule has 0 radical (unpaired) electrons. The van der Waals surface area contributed by atoms with Crippen LogP contribution in [0.2, 0.25) is 0 Å². The molecule has 7 nitrogen and oxygen atoms in total. The van der Waals surface area contributed by atoms with E-state index >= 15 is 0 Å². The SMILES string of the molecule is O=C(O)N1CCNC(CCOc2ccc[n+]([O-])c2)C1. The second kappa shape index (κ2) is 6.24. The van der Waals surface area contributed by atoms with Crippen LogP contribution in [-0.2, 0) is 0 Å². The van der Waals surface area contributed by atoms with Crippen molar-refractivity contribution in [1.29, 1.82) is 0 Å². The number of piperazine rings is 1. The molecule has 1 unspecified atom stereocenters. The van der Waals surface area contributed by atoms with E-state index in [1.165, 1.54) is 17.3 Å². The average Bonchev–Trinajstić information content (AvgIpc) is 2.39. The molecule has 2 rings (SSSR count). The normalized spacial score (nSPS) is 19.2. The molecule has 1 fully saturated rings. The number of carbonyl (C=O) groups is 1. The molecule has 7 heteroatoms. The van der Waals surface area contributed by atoms with E-state index in [4.69, 9.17) is 9.84 Å². The number of nitrogens with zero attached hydrogens (tertiary/aromatic N) is 2. The molecule has 104 valence electrons. The number of carboxylic acid groups (broad SMARTS) is 1. The van der Waals surface area contributed by atoms with Crippen LogP contribution in [-0.4, -0.2) is 48.4 Å². The van der Waals surface area contributed by atoms with Crippen molar-refractivity contribution in [3.63, 3.8) is 0 Å². The lowest BCUT2D eigenvalue weighted by molar-refractivity contribution is -0.605. The maximum Gasteiger partial charge on any atom is 0.407 e. The maximum atomic E-state index is 11.0. The quantitative estimate of drug-likeness (QED) is 0.594. The van der Waals surface area contributed by atoms with Gasteiger partial charge in [-0.2, -0.15) is 4.73 Å². The van der Waals surface area contributed by atoms with Crippen LogP contribution in [0.25, 0.3) is 0 Å². The Morgan fingerprint density at radius 2 is 2.53 bits per heavy atom. The van der Waals surface area contributed by atoms with Crippen LogP contribution < -0.4 is 14.8 Å². The topological polar surface area (TPSA) is 88.7 Å². The number of nitrogens with one attached hydrogen (secondary N) is 1. The average molecular weight is 267 g/mol. The molecule has 1 aliphatic rings. The largest absolute Gasteiger partial charge is 0.619 e. The molecule has 1 aromatic heterocycles. The molecule has 0 spiro atoms. The lowest BCUT2D eigenvalue weighted by Gasteiger charge is -2.31. The van der Waals surface area contributed by atoms with Gasteiger partial charge in [0.15, 0.2) is 11.9 Å². The van der Waals surface area contributed by atoms with Gasteiger partial charge in [0, 0.05) is 31.7 Å². The summed E-state index contributed by atoms with van der Waals surface area (Å²) in [7, 11) is 0. The lowest BCUT2D eigenvalue weighted by Crippen LogP contribution is -2.52. The van der Waals surface area contributed by atoms with E-state index in [9.17, 15) is 10.0 Å². The molecule has 2 N–H and O–H groups in total. The summed E-state index contributed by atoms with van der Waals surface area (Å²) in [4.78, 5) is 12.3. The third-order valence-corrected chi connectivity index (χ3v) is 3.01. The molecular weight excluding hydrogens is 250 g/mol. The smallest absolute Gasteiger partial charge is 0.407 e. The molecule has 19 heavy (non-hydrogen) atoms. The summed E-state index contributed by atoms with van der Waals surface area (Å²) in [5.41, 5.74) is 0. The Morgan fingerprint density at radius 3 is 3.26 bits per heavy atom. The zero-order chi connectivity index (χ0) is 13.7. The predicted octanol–water partition coefficient (Wildman–Crippen LogP) is 0.0407. The fourth-order valence-corrected chi connectivity index (χ4v) is 2.03. The van der Waals surface area contributed by atoms with Gasteiger partial charge < -0.3 is 25.3 Å². The number of ether oxygens (including phenoxy) is 1. The van der Waals surface area contributed by atoms with Gasteiger partial charge in [0.2, 0.25) is 6.20 Å². The highest BCUT2D eigenvalue weighted by Crippen LogP contribution is 2.08. The van der Waals surface area contributed by atoms with E-state index in [1.54, 1.807) is 12.1 Å². The summed E-state index contributed by atoms with van der Waals surface area (Å²) >= 11 is 0. The number of aromatic nitrogens is 1. The van der Waals surface area contributed by atoms with Crippen LogP contribution in [0.5, 0.6) is 5.75 Å². The van der Waals surface area contributed by atoms with E-state index in [1.807, 2.05) is 0 Å². The van der Waals surface area contributed by atoms with E-state index in [0.29, 0.717) is 43.1 Å². The van der Waals surface area contributed by atoms with Crippen molar-refractivity contribution in [2.75, 3.05) is 26.2 Å². The number of rotatable bonds is 4. The van der Waals surface area contributed by atoms with Crippen molar-refractivity contribution in [3.05, 3.63) is 29.7 Å². The van der Waals surface area contributed by atoms with Gasteiger partial charge in [0.1, 0.15) is 0 Å². The second-order valence-electron chi connectivity index (χ2n) is 4.42. The highest BCUT2D eigenvalue weighted by Gasteiger charge is 2.22. The van der Waals surface area contributed by atoms with Crippen molar-refractivity contribution in [2.45, 2.75) is 12.5 Å². The fraction of sp³-hybridized carbons (Fsp3) is 0.500. The fourth-order valence-electron chi connectivity index (χ4n) is 2.03. The summed E-state index contributed by atoms with van der Waals surface area (Å²) in [5.74, 6) is 0.517. The second-order valence-corrected chi connectivity index (χ2v) is 4.42. The summed E-state index contributed by atoms with van der Waals surface area (Å²) in [6, 6.07) is 3.42. The standard InChI is InChI=1S/C12H17N3O4/c16-12(17)14-6-4-13-10(8-14)3-7-19-11-2-1-5-15(18)9-11/h1-2,5,9-10,13H,3-4,6-8H2,(H,16,17). The molecule has 1 amide bonds. The number of hydrogen-bond acceptors (Lipinski definition) is 4. The Morgan fingerprint density at radius 1 is 1.68 bits per heavy atom. The third kappa shape index (κ3) is 3.99. The van der Waals surface area contributed by atoms with Crippen molar-refractivity contribution in [1.82, 2.24) is 10.2 Å². The summed E-state index contributed by atoms with van der Waals surface area (Å²) in [6.45, 7) is 2.08. The lowest BCUT2D eigenvalue weighted by atomic mass is 10.1. The molecule has 0 bridgehead atoms. The molecule has 1 atom stereocenters. The molecule has 1 aliphatic heterocycles. The van der Waals surface area contributed by atoms with Crippen LogP contribution >= 0.6 is 0 Å². The Labute approximate surface area is 111 Å². The Balaban J connectivity index is 1.75. The Hall–Kier alpha value is -2.02. The van der Waals surface area contributed by atoms with Gasteiger partial charge in [0.25, 0.3) is 0 Å². The van der Waals surface area contributed by atoms with Gasteiger partial charge in [0.05, 0.1) is 6.61 Å². The van der Waals surface area contributed by atoms with Crippen LogP contribution in [0.1, 0.15) is 6.42 Å². The van der Waals surface area contributed by atoms with Crippen LogP contribution in [0.4, 0.5) is 4.79 Å². The minimum atomic E-state index is -0.886. The van der Waals surface area contributed by atoms with E-state index < -0.39 is 6.09 Å². The molecular formula is C12H17N3O4. The summed E-state index contributed by atoms with van der Waals surface area (Å²) < 4.78 is 6.14. The summed E-state index contributed by atoms with van der Waals surface area (Å²) in [5, 5.41) is 23.2. The van der Waals surface area contributed by atoms with Gasteiger partial charge in [-0.3, -0.25) is 0 Å². The van der Waals surface area contributed by atoms with Gasteiger partial charge in [-0.1, -0.05) is 0 Å². The van der Waals surface area contributed by atoms with Crippen LogP contribution in [0.3, 0.4) is 0 Å². The minimum absolute atomic E-state index is 0.0907. The number of pyridine rings is 1. The number of amides is 1. The first kappa shape index (κ1) is 13.4. The zero-order valence-electron chi connectivity index (χ0n) is 10.5. The summed E-state index contributed by atoms with van der Waals surface area (Å²) in [6.07, 6.45) is 2.55. The van der Waals surface area contributed by atoms with Crippen LogP contribution in [0.15, 0.2) is 24.5 Å². The predicted molar refractivity (Wildman–Crippen MR) is 66.9 cm³/mol. The Kier molecular flexibility index (Phi) is 4.40. The highest BCUT2D eigenvalue weighted by molar-refractivity contribution is 5.65. The molecule has 0 aromatic carbocycles. The van der Waals surface area contributed by atoms with Crippen molar-refractivity contribution < 1.29 is 19.4 Å². The first-order chi connectivity index (χ1) is 9.15. The van der Waals surface area contributed by atoms with Crippen molar-refractivity contribution >= 4 is 6.09 Å².